The number of carbonyl (C=O) groups excluding carboxylic acids is 1. The van der Waals surface area contributed by atoms with Crippen molar-refractivity contribution < 1.29 is 23.7 Å². The van der Waals surface area contributed by atoms with Gasteiger partial charge in [-0.15, -0.1) is 0 Å². The molecule has 3 rings (SSSR count). The van der Waals surface area contributed by atoms with Crippen molar-refractivity contribution in [2.75, 3.05) is 40.2 Å². The van der Waals surface area contributed by atoms with Crippen LogP contribution in [0, 0.1) is 0 Å². The molecule has 0 aromatic heterocycles. The molecule has 0 fully saturated rings. The van der Waals surface area contributed by atoms with Gasteiger partial charge in [-0.3, -0.25) is 9.69 Å². The third kappa shape index (κ3) is 6.31. The zero-order valence-corrected chi connectivity index (χ0v) is 19.8. The SMILES string of the molecule is COc1ccc(CN(C)CC(=O)Nc2ccc(Oc3ccccc3Cl)cc2)c(OC)c1OC. The van der Waals surface area contributed by atoms with Crippen LogP contribution in [0.25, 0.3) is 0 Å². The second-order valence-electron chi connectivity index (χ2n) is 7.27. The number of hydrogen-bond donors (Lipinski definition) is 1. The van der Waals surface area contributed by atoms with Crippen LogP contribution in [0.1, 0.15) is 5.56 Å². The predicted molar refractivity (Wildman–Crippen MR) is 129 cm³/mol. The van der Waals surface area contributed by atoms with Crippen LogP contribution in [-0.2, 0) is 11.3 Å². The van der Waals surface area contributed by atoms with Crippen molar-refractivity contribution in [3.8, 4) is 28.7 Å². The minimum atomic E-state index is -0.142. The Kier molecular flexibility index (Phi) is 8.40. The highest BCUT2D eigenvalue weighted by Crippen LogP contribution is 2.40. The number of para-hydroxylation sites is 1. The van der Waals surface area contributed by atoms with Crippen LogP contribution in [0.2, 0.25) is 5.02 Å². The highest BCUT2D eigenvalue weighted by atomic mass is 35.5. The molecule has 174 valence electrons. The van der Waals surface area contributed by atoms with Gasteiger partial charge in [-0.25, -0.2) is 0 Å². The number of nitrogens with zero attached hydrogens (tertiary/aromatic N) is 1. The standard InChI is InChI=1S/C25H27ClN2O5/c1-28(15-17-9-14-22(30-2)25(32-4)24(17)31-3)16-23(29)27-18-10-12-19(13-11-18)33-21-8-6-5-7-20(21)26/h5-14H,15-16H2,1-4H3,(H,27,29). The smallest absolute Gasteiger partial charge is 0.238 e. The molecule has 1 N–H and O–H groups in total. The fourth-order valence-electron chi connectivity index (χ4n) is 3.34. The lowest BCUT2D eigenvalue weighted by atomic mass is 10.1. The molecule has 1 amide bonds. The van der Waals surface area contributed by atoms with E-state index in [1.54, 1.807) is 57.7 Å². The van der Waals surface area contributed by atoms with Gasteiger partial charge >= 0.3 is 0 Å². The Morgan fingerprint density at radius 3 is 2.21 bits per heavy atom. The minimum Gasteiger partial charge on any atom is -0.493 e. The van der Waals surface area contributed by atoms with E-state index in [0.717, 1.165) is 5.56 Å². The number of amides is 1. The minimum absolute atomic E-state index is 0.142. The van der Waals surface area contributed by atoms with Gasteiger partial charge in [-0.2, -0.15) is 0 Å². The van der Waals surface area contributed by atoms with E-state index in [2.05, 4.69) is 5.32 Å². The Morgan fingerprint density at radius 2 is 1.58 bits per heavy atom. The fourth-order valence-corrected chi connectivity index (χ4v) is 3.52. The number of benzene rings is 3. The largest absolute Gasteiger partial charge is 0.493 e. The summed E-state index contributed by atoms with van der Waals surface area (Å²) in [7, 11) is 6.57. The molecule has 8 heteroatoms. The molecule has 3 aromatic rings. The fraction of sp³-hybridized carbons (Fsp3) is 0.240. The Hall–Kier alpha value is -3.42. The van der Waals surface area contributed by atoms with E-state index in [1.807, 2.05) is 36.2 Å². The number of likely N-dealkylation sites (N-methyl/N-ethyl adjacent to an activating group) is 1. The van der Waals surface area contributed by atoms with Crippen LogP contribution < -0.4 is 24.3 Å². The molecule has 0 unspecified atom stereocenters. The number of anilines is 1. The van der Waals surface area contributed by atoms with Gasteiger partial charge in [0.1, 0.15) is 11.5 Å². The molecule has 0 heterocycles. The number of methoxy groups -OCH3 is 3. The van der Waals surface area contributed by atoms with Crippen LogP contribution in [0.15, 0.2) is 60.7 Å². The third-order valence-corrected chi connectivity index (χ3v) is 5.15. The highest BCUT2D eigenvalue weighted by molar-refractivity contribution is 6.32. The molecule has 0 aliphatic rings. The van der Waals surface area contributed by atoms with E-state index >= 15 is 0 Å². The van der Waals surface area contributed by atoms with Crippen molar-refractivity contribution in [3.63, 3.8) is 0 Å². The molecule has 0 radical (unpaired) electrons. The normalized spacial score (nSPS) is 10.6. The van der Waals surface area contributed by atoms with E-state index in [9.17, 15) is 4.79 Å². The molecular formula is C25H27ClN2O5. The van der Waals surface area contributed by atoms with Gasteiger partial charge in [0.05, 0.1) is 32.9 Å². The van der Waals surface area contributed by atoms with E-state index < -0.39 is 0 Å². The van der Waals surface area contributed by atoms with Gasteiger partial charge in [-0.05, 0) is 49.5 Å². The lowest BCUT2D eigenvalue weighted by Gasteiger charge is -2.20. The lowest BCUT2D eigenvalue weighted by molar-refractivity contribution is -0.117. The van der Waals surface area contributed by atoms with E-state index in [0.29, 0.717) is 46.0 Å². The molecule has 0 aliphatic carbocycles. The van der Waals surface area contributed by atoms with Crippen molar-refractivity contribution >= 4 is 23.2 Å². The second kappa shape index (κ2) is 11.4. The lowest BCUT2D eigenvalue weighted by Crippen LogP contribution is -2.30. The van der Waals surface area contributed by atoms with Crippen molar-refractivity contribution in [2.24, 2.45) is 0 Å². The molecule has 0 saturated carbocycles. The summed E-state index contributed by atoms with van der Waals surface area (Å²) in [5.41, 5.74) is 1.55. The monoisotopic (exact) mass is 470 g/mol. The molecule has 3 aromatic carbocycles. The number of carbonyl (C=O) groups is 1. The molecular weight excluding hydrogens is 444 g/mol. The van der Waals surface area contributed by atoms with Crippen molar-refractivity contribution in [1.29, 1.82) is 0 Å². The quantitative estimate of drug-likeness (QED) is 0.437. The maximum absolute atomic E-state index is 12.5. The van der Waals surface area contributed by atoms with Gasteiger partial charge < -0.3 is 24.3 Å². The van der Waals surface area contributed by atoms with Crippen LogP contribution in [0.5, 0.6) is 28.7 Å². The van der Waals surface area contributed by atoms with Gasteiger partial charge in [0, 0.05) is 17.8 Å². The summed E-state index contributed by atoms with van der Waals surface area (Å²) in [6.07, 6.45) is 0. The predicted octanol–water partition coefficient (Wildman–Crippen LogP) is 5.23. The molecule has 0 spiro atoms. The Balaban J connectivity index is 1.58. The van der Waals surface area contributed by atoms with Gasteiger partial charge in [0.25, 0.3) is 0 Å². The zero-order valence-electron chi connectivity index (χ0n) is 19.1. The molecule has 7 nitrogen and oxygen atoms in total. The first-order valence-corrected chi connectivity index (χ1v) is 10.6. The van der Waals surface area contributed by atoms with Crippen molar-refractivity contribution in [1.82, 2.24) is 4.90 Å². The first-order valence-electron chi connectivity index (χ1n) is 10.2. The first kappa shape index (κ1) is 24.2. The average molecular weight is 471 g/mol. The maximum atomic E-state index is 12.5. The third-order valence-electron chi connectivity index (χ3n) is 4.84. The van der Waals surface area contributed by atoms with Crippen molar-refractivity contribution in [2.45, 2.75) is 6.54 Å². The summed E-state index contributed by atoms with van der Waals surface area (Å²) in [6, 6.07) is 18.1. The molecule has 0 aliphatic heterocycles. The van der Waals surface area contributed by atoms with Crippen LogP contribution in [-0.4, -0.2) is 45.7 Å². The van der Waals surface area contributed by atoms with E-state index in [-0.39, 0.29) is 12.5 Å². The van der Waals surface area contributed by atoms with Crippen LogP contribution in [0.4, 0.5) is 5.69 Å². The zero-order chi connectivity index (χ0) is 23.8. The van der Waals surface area contributed by atoms with E-state index in [1.165, 1.54) is 0 Å². The number of hydrogen-bond acceptors (Lipinski definition) is 6. The maximum Gasteiger partial charge on any atom is 0.238 e. The van der Waals surface area contributed by atoms with Gasteiger partial charge in [0.2, 0.25) is 11.7 Å². The molecule has 0 bridgehead atoms. The second-order valence-corrected chi connectivity index (χ2v) is 7.68. The van der Waals surface area contributed by atoms with Gasteiger partial charge in [-0.1, -0.05) is 29.8 Å². The summed E-state index contributed by atoms with van der Waals surface area (Å²) in [5, 5.41) is 3.42. The average Bonchev–Trinajstić information content (AvgIpc) is 2.81. The van der Waals surface area contributed by atoms with Crippen molar-refractivity contribution in [3.05, 3.63) is 71.2 Å². The van der Waals surface area contributed by atoms with Crippen LogP contribution in [0.3, 0.4) is 0 Å². The summed E-state index contributed by atoms with van der Waals surface area (Å²) in [4.78, 5) is 14.4. The summed E-state index contributed by atoms with van der Waals surface area (Å²) < 4.78 is 22.0. The van der Waals surface area contributed by atoms with E-state index in [4.69, 9.17) is 30.5 Å². The number of ether oxygens (including phenoxy) is 4. The molecule has 0 saturated heterocycles. The number of nitrogens with one attached hydrogen (secondary N) is 1. The summed E-state index contributed by atoms with van der Waals surface area (Å²) >= 11 is 6.12. The van der Waals surface area contributed by atoms with Crippen LogP contribution >= 0.6 is 11.6 Å². The topological polar surface area (TPSA) is 69.3 Å². The summed E-state index contributed by atoms with van der Waals surface area (Å²) in [5.74, 6) is 2.74. The Morgan fingerprint density at radius 1 is 0.879 bits per heavy atom. The molecule has 0 atom stereocenters. The highest BCUT2D eigenvalue weighted by Gasteiger charge is 2.17. The first-order chi connectivity index (χ1) is 15.9. The number of halogens is 1. The Bertz CT molecular complexity index is 1090. The Labute approximate surface area is 198 Å². The molecule has 33 heavy (non-hydrogen) atoms. The van der Waals surface area contributed by atoms with Gasteiger partial charge in [0.15, 0.2) is 11.5 Å². The number of rotatable bonds is 10. The summed E-state index contributed by atoms with van der Waals surface area (Å²) in [6.45, 7) is 0.678.